The smallest absolute Gasteiger partial charge is 0.306 e. The number of aromatic amines is 1. The largest absolute Gasteiger partial charge is 0.328 e. The number of nitrogens with zero attached hydrogens (tertiary/aromatic N) is 1. The van der Waals surface area contributed by atoms with Crippen LogP contribution in [0.3, 0.4) is 0 Å². The first-order chi connectivity index (χ1) is 11.7. The maximum Gasteiger partial charge on any atom is 0.328 e. The van der Waals surface area contributed by atoms with E-state index < -0.39 is 0 Å². The molecule has 2 aromatic carbocycles. The highest BCUT2D eigenvalue weighted by Crippen LogP contribution is 2.26. The maximum atomic E-state index is 13.0. The molecule has 0 spiro atoms. The van der Waals surface area contributed by atoms with Crippen LogP contribution in [0.25, 0.3) is 22.4 Å². The van der Waals surface area contributed by atoms with Crippen molar-refractivity contribution >= 4 is 0 Å². The highest BCUT2D eigenvalue weighted by Gasteiger charge is 2.16. The summed E-state index contributed by atoms with van der Waals surface area (Å²) in [5.41, 5.74) is 2.15. The first kappa shape index (κ1) is 16.0. The Morgan fingerprint density at radius 3 is 2.04 bits per heavy atom. The molecule has 3 rings (SSSR count). The summed E-state index contributed by atoms with van der Waals surface area (Å²) in [4.78, 5) is 28.4. The lowest BCUT2D eigenvalue weighted by Crippen LogP contribution is -2.36. The van der Waals surface area contributed by atoms with Gasteiger partial charge in [0, 0.05) is 6.54 Å². The summed E-state index contributed by atoms with van der Waals surface area (Å²) < 4.78 is 1.30. The fraction of sp³-hybridized carbons (Fsp3) is 0.200. The minimum absolute atomic E-state index is 0.239. The van der Waals surface area contributed by atoms with Crippen LogP contribution in [0.5, 0.6) is 0 Å². The average Bonchev–Trinajstić information content (AvgIpc) is 2.62. The highest BCUT2D eigenvalue weighted by atomic mass is 16.2. The van der Waals surface area contributed by atoms with E-state index >= 15 is 0 Å². The first-order valence-corrected chi connectivity index (χ1v) is 8.20. The number of H-pyrrole nitrogens is 1. The molecular formula is C20H20N2O2. The molecule has 1 N–H and O–H groups in total. The Labute approximate surface area is 140 Å². The average molecular weight is 320 g/mol. The van der Waals surface area contributed by atoms with Gasteiger partial charge in [0.25, 0.3) is 5.56 Å². The van der Waals surface area contributed by atoms with E-state index in [-0.39, 0.29) is 11.2 Å². The number of rotatable bonds is 5. The molecule has 0 fully saturated rings. The van der Waals surface area contributed by atoms with Gasteiger partial charge in [-0.2, -0.15) is 0 Å². The Morgan fingerprint density at radius 2 is 1.46 bits per heavy atom. The number of aromatic nitrogens is 2. The number of unbranched alkanes of at least 4 members (excludes halogenated alkanes) is 1. The first-order valence-electron chi connectivity index (χ1n) is 8.20. The molecule has 0 saturated heterocycles. The van der Waals surface area contributed by atoms with Crippen molar-refractivity contribution in [3.8, 4) is 22.4 Å². The fourth-order valence-corrected chi connectivity index (χ4v) is 2.78. The van der Waals surface area contributed by atoms with Crippen LogP contribution in [0.1, 0.15) is 19.8 Å². The molecule has 24 heavy (non-hydrogen) atoms. The van der Waals surface area contributed by atoms with Crippen molar-refractivity contribution in [2.75, 3.05) is 0 Å². The van der Waals surface area contributed by atoms with Gasteiger partial charge in [0.2, 0.25) is 0 Å². The van der Waals surface area contributed by atoms with Crippen molar-refractivity contribution in [2.24, 2.45) is 0 Å². The topological polar surface area (TPSA) is 54.9 Å². The standard InChI is InChI=1S/C20H20N2O2/c1-2-3-14-22-19(23)17(15-10-6-4-7-11-15)18(21-20(22)24)16-12-8-5-9-13-16/h4-13H,2-3,14H2,1H3,(H,21,24). The van der Waals surface area contributed by atoms with Crippen LogP contribution in [-0.2, 0) is 6.54 Å². The summed E-state index contributed by atoms with van der Waals surface area (Å²) in [6.45, 7) is 2.47. The van der Waals surface area contributed by atoms with Crippen LogP contribution >= 0.6 is 0 Å². The molecule has 4 heteroatoms. The molecular weight excluding hydrogens is 300 g/mol. The second kappa shape index (κ2) is 7.13. The summed E-state index contributed by atoms with van der Waals surface area (Å²) in [5, 5.41) is 0. The van der Waals surface area contributed by atoms with Crippen LogP contribution in [0.15, 0.2) is 70.3 Å². The molecule has 0 aliphatic rings. The van der Waals surface area contributed by atoms with Gasteiger partial charge >= 0.3 is 5.69 Å². The quantitative estimate of drug-likeness (QED) is 0.780. The zero-order valence-corrected chi connectivity index (χ0v) is 13.7. The fourth-order valence-electron chi connectivity index (χ4n) is 2.78. The zero-order chi connectivity index (χ0) is 16.9. The predicted molar refractivity (Wildman–Crippen MR) is 97.1 cm³/mol. The normalized spacial score (nSPS) is 10.7. The molecule has 0 aliphatic heterocycles. The van der Waals surface area contributed by atoms with E-state index in [1.165, 1.54) is 4.57 Å². The van der Waals surface area contributed by atoms with Crippen molar-refractivity contribution < 1.29 is 0 Å². The molecule has 0 aliphatic carbocycles. The van der Waals surface area contributed by atoms with Crippen LogP contribution in [0, 0.1) is 0 Å². The van der Waals surface area contributed by atoms with E-state index in [4.69, 9.17) is 0 Å². The SMILES string of the molecule is CCCCn1c(=O)[nH]c(-c2ccccc2)c(-c2ccccc2)c1=O. The van der Waals surface area contributed by atoms with Gasteiger partial charge in [-0.3, -0.25) is 9.36 Å². The molecule has 0 amide bonds. The molecule has 3 aromatic rings. The third kappa shape index (κ3) is 3.08. The van der Waals surface area contributed by atoms with Gasteiger partial charge in [0.1, 0.15) is 0 Å². The summed E-state index contributed by atoms with van der Waals surface area (Å²) in [7, 11) is 0. The molecule has 1 aromatic heterocycles. The van der Waals surface area contributed by atoms with Crippen molar-refractivity contribution in [3.63, 3.8) is 0 Å². The monoisotopic (exact) mass is 320 g/mol. The van der Waals surface area contributed by atoms with Crippen LogP contribution < -0.4 is 11.2 Å². The van der Waals surface area contributed by atoms with Crippen LogP contribution in [0.2, 0.25) is 0 Å². The Morgan fingerprint density at radius 1 is 0.875 bits per heavy atom. The minimum atomic E-state index is -0.355. The lowest BCUT2D eigenvalue weighted by molar-refractivity contribution is 0.585. The van der Waals surface area contributed by atoms with Gasteiger partial charge < -0.3 is 4.98 Å². The second-order valence-electron chi connectivity index (χ2n) is 5.72. The molecule has 4 nitrogen and oxygen atoms in total. The highest BCUT2D eigenvalue weighted by molar-refractivity contribution is 5.79. The number of nitrogens with one attached hydrogen (secondary N) is 1. The second-order valence-corrected chi connectivity index (χ2v) is 5.72. The molecule has 0 atom stereocenters. The van der Waals surface area contributed by atoms with E-state index in [0.717, 1.165) is 24.0 Å². The summed E-state index contributed by atoms with van der Waals surface area (Å²) in [5.74, 6) is 0. The summed E-state index contributed by atoms with van der Waals surface area (Å²) in [6, 6.07) is 19.0. The van der Waals surface area contributed by atoms with Gasteiger partial charge in [-0.15, -0.1) is 0 Å². The Hall–Kier alpha value is -2.88. The van der Waals surface area contributed by atoms with Gasteiger partial charge in [0.15, 0.2) is 0 Å². The van der Waals surface area contributed by atoms with Gasteiger partial charge in [-0.05, 0) is 17.5 Å². The van der Waals surface area contributed by atoms with Crippen molar-refractivity contribution in [1.29, 1.82) is 0 Å². The Balaban J connectivity index is 2.30. The van der Waals surface area contributed by atoms with Crippen molar-refractivity contribution in [3.05, 3.63) is 81.5 Å². The number of hydrogen-bond acceptors (Lipinski definition) is 2. The molecule has 0 unspecified atom stereocenters. The summed E-state index contributed by atoms with van der Waals surface area (Å²) in [6.07, 6.45) is 1.72. The van der Waals surface area contributed by atoms with Crippen molar-refractivity contribution in [1.82, 2.24) is 9.55 Å². The van der Waals surface area contributed by atoms with E-state index in [0.29, 0.717) is 17.8 Å². The molecule has 122 valence electrons. The van der Waals surface area contributed by atoms with Crippen LogP contribution in [0.4, 0.5) is 0 Å². The van der Waals surface area contributed by atoms with Gasteiger partial charge in [-0.1, -0.05) is 74.0 Å². The van der Waals surface area contributed by atoms with Crippen LogP contribution in [-0.4, -0.2) is 9.55 Å². The molecule has 1 heterocycles. The van der Waals surface area contributed by atoms with Gasteiger partial charge in [-0.25, -0.2) is 4.79 Å². The van der Waals surface area contributed by atoms with E-state index in [9.17, 15) is 9.59 Å². The lowest BCUT2D eigenvalue weighted by Gasteiger charge is -2.13. The third-order valence-corrected chi connectivity index (χ3v) is 4.05. The summed E-state index contributed by atoms with van der Waals surface area (Å²) >= 11 is 0. The molecule has 0 radical (unpaired) electrons. The third-order valence-electron chi connectivity index (χ3n) is 4.05. The van der Waals surface area contributed by atoms with E-state index in [1.807, 2.05) is 67.6 Å². The molecule has 0 bridgehead atoms. The maximum absolute atomic E-state index is 13.0. The minimum Gasteiger partial charge on any atom is -0.306 e. The Bertz CT molecular complexity index is 925. The number of hydrogen-bond donors (Lipinski definition) is 1. The number of benzene rings is 2. The van der Waals surface area contributed by atoms with E-state index in [2.05, 4.69) is 4.98 Å². The molecule has 0 saturated carbocycles. The predicted octanol–water partition coefficient (Wildman–Crippen LogP) is 3.67. The lowest BCUT2D eigenvalue weighted by atomic mass is 10.0. The van der Waals surface area contributed by atoms with E-state index in [1.54, 1.807) is 0 Å². The van der Waals surface area contributed by atoms with Crippen molar-refractivity contribution in [2.45, 2.75) is 26.3 Å². The Kier molecular flexibility index (Phi) is 4.75. The van der Waals surface area contributed by atoms with Gasteiger partial charge in [0.05, 0.1) is 11.3 Å². The zero-order valence-electron chi connectivity index (χ0n) is 13.7.